The van der Waals surface area contributed by atoms with Gasteiger partial charge < -0.3 is 24.8 Å². The van der Waals surface area contributed by atoms with Crippen LogP contribution in [-0.4, -0.2) is 59.0 Å². The molecule has 1 aromatic carbocycles. The molecule has 2 N–H and O–H groups in total. The maximum Gasteiger partial charge on any atom is 0.407 e. The van der Waals surface area contributed by atoms with Crippen molar-refractivity contribution in [3.8, 4) is 11.5 Å². The number of fused-ring (bicyclic) bond motifs is 1. The number of aromatic nitrogens is 3. The molecule has 2 aromatic heterocycles. The van der Waals surface area contributed by atoms with Crippen LogP contribution in [-0.2, 0) is 17.8 Å². The average Bonchev–Trinajstić information content (AvgIpc) is 3.49. The number of thiazole rings is 1. The van der Waals surface area contributed by atoms with Crippen molar-refractivity contribution in [3.05, 3.63) is 44.5 Å². The van der Waals surface area contributed by atoms with Crippen molar-refractivity contribution in [1.29, 1.82) is 0 Å². The number of alkyl carbamates (subject to hydrolysis) is 1. The van der Waals surface area contributed by atoms with Gasteiger partial charge in [-0.2, -0.15) is 4.98 Å². The summed E-state index contributed by atoms with van der Waals surface area (Å²) in [5.74, 6) is 1.40. The molecule has 0 radical (unpaired) electrons. The summed E-state index contributed by atoms with van der Waals surface area (Å²) in [7, 11) is 2.95. The molecule has 1 saturated carbocycles. The number of nitrogens with zero attached hydrogens (tertiary/aromatic N) is 5. The summed E-state index contributed by atoms with van der Waals surface area (Å²) < 4.78 is 16.4. The molecule has 12 nitrogen and oxygen atoms in total. The Morgan fingerprint density at radius 2 is 1.77 bits per heavy atom. The molecule has 5 rings (SSSR count). The molecule has 3 heterocycles. The number of halogens is 2. The predicted molar refractivity (Wildman–Crippen MR) is 171 cm³/mol. The van der Waals surface area contributed by atoms with Gasteiger partial charge in [0.05, 0.1) is 50.2 Å². The summed E-state index contributed by atoms with van der Waals surface area (Å²) in [6.45, 7) is 5.75. The zero-order valence-electron chi connectivity index (χ0n) is 25.1. The molecule has 2 atom stereocenters. The van der Waals surface area contributed by atoms with Crippen LogP contribution < -0.4 is 29.9 Å². The van der Waals surface area contributed by atoms with E-state index in [1.807, 2.05) is 26.2 Å². The summed E-state index contributed by atoms with van der Waals surface area (Å²) in [6.07, 6.45) is 4.78. The Bertz CT molecular complexity index is 1490. The summed E-state index contributed by atoms with van der Waals surface area (Å²) in [4.78, 5) is 43.5. The Hall–Kier alpha value is -3.55. The van der Waals surface area contributed by atoms with E-state index in [1.165, 1.54) is 35.4 Å². The third-order valence-corrected chi connectivity index (χ3v) is 8.66. The summed E-state index contributed by atoms with van der Waals surface area (Å²) in [5.41, 5.74) is 2.72. The van der Waals surface area contributed by atoms with E-state index in [1.54, 1.807) is 17.8 Å². The number of urea groups is 1. The fraction of sp³-hybridized carbons (Fsp3) is 0.483. The molecule has 1 aliphatic carbocycles. The lowest BCUT2D eigenvalue weighted by atomic mass is 9.90. The molecule has 44 heavy (non-hydrogen) atoms. The summed E-state index contributed by atoms with van der Waals surface area (Å²) in [6, 6.07) is 0.866. The van der Waals surface area contributed by atoms with E-state index >= 15 is 0 Å². The molecule has 1 fully saturated rings. The molecular formula is C29H35Cl2N7O5S. The van der Waals surface area contributed by atoms with E-state index in [0.29, 0.717) is 34.5 Å². The van der Waals surface area contributed by atoms with Gasteiger partial charge in [-0.3, -0.25) is 9.80 Å². The quantitative estimate of drug-likeness (QED) is 0.272. The van der Waals surface area contributed by atoms with E-state index in [2.05, 4.69) is 20.6 Å². The fourth-order valence-corrected chi connectivity index (χ4v) is 6.55. The number of anilines is 3. The first-order valence-corrected chi connectivity index (χ1v) is 15.9. The van der Waals surface area contributed by atoms with Crippen molar-refractivity contribution in [2.24, 2.45) is 0 Å². The number of hydrogen-bond acceptors (Lipinski definition) is 10. The SMILES string of the molecule is COc1cc(OC)c(Cl)c(N2Cc3cnc(N[C@@H]4CCCC[C@@H]4NC(=O)OC(C)(C)C)nc3N(Cc3cscn3)C2=O)c1Cl. The number of ether oxygens (including phenoxy) is 3. The van der Waals surface area contributed by atoms with Gasteiger partial charge in [0.2, 0.25) is 5.95 Å². The van der Waals surface area contributed by atoms with E-state index in [9.17, 15) is 9.59 Å². The molecule has 0 bridgehead atoms. The molecule has 3 aromatic rings. The Labute approximate surface area is 270 Å². The minimum absolute atomic E-state index is 0.101. The Kier molecular flexibility index (Phi) is 9.56. The molecule has 15 heteroatoms. The van der Waals surface area contributed by atoms with Crippen LogP contribution in [0.5, 0.6) is 11.5 Å². The van der Waals surface area contributed by atoms with Gasteiger partial charge in [-0.05, 0) is 33.6 Å². The first-order chi connectivity index (χ1) is 21.0. The standard InChI is InChI=1S/C29H35Cl2N7O5S/c1-29(2,3)43-27(39)35-19-9-7-6-8-18(19)34-26-32-11-16-12-37(24-22(30)20(41-4)10-21(42-5)23(24)31)28(40)38(25(16)36-26)13-17-14-44-15-33-17/h10-11,14-15,18-19H,6-9,12-13H2,1-5H3,(H,35,39)(H,32,34,36)/t18-,19+/m1/s1. The number of hydrogen-bond donors (Lipinski definition) is 2. The molecule has 0 spiro atoms. The smallest absolute Gasteiger partial charge is 0.407 e. The zero-order chi connectivity index (χ0) is 31.6. The van der Waals surface area contributed by atoms with Gasteiger partial charge in [-0.1, -0.05) is 36.0 Å². The second kappa shape index (κ2) is 13.2. The van der Waals surface area contributed by atoms with Crippen molar-refractivity contribution in [3.63, 3.8) is 0 Å². The largest absolute Gasteiger partial charge is 0.495 e. The van der Waals surface area contributed by atoms with Gasteiger partial charge in [0.15, 0.2) is 0 Å². The van der Waals surface area contributed by atoms with Crippen molar-refractivity contribution in [1.82, 2.24) is 20.3 Å². The van der Waals surface area contributed by atoms with Crippen LogP contribution in [0.3, 0.4) is 0 Å². The number of carbonyl (C=O) groups excluding carboxylic acids is 2. The van der Waals surface area contributed by atoms with Crippen molar-refractivity contribution < 1.29 is 23.8 Å². The molecule has 2 aliphatic rings. The van der Waals surface area contributed by atoms with Gasteiger partial charge in [0, 0.05) is 29.2 Å². The second-order valence-corrected chi connectivity index (χ2v) is 13.0. The van der Waals surface area contributed by atoms with Crippen LogP contribution in [0.4, 0.5) is 27.0 Å². The maximum atomic E-state index is 14.2. The fourth-order valence-electron chi connectivity index (χ4n) is 5.29. The molecular weight excluding hydrogens is 629 g/mol. The molecule has 3 amide bonds. The van der Waals surface area contributed by atoms with Gasteiger partial charge in [-0.15, -0.1) is 11.3 Å². The van der Waals surface area contributed by atoms with E-state index in [0.717, 1.165) is 25.7 Å². The van der Waals surface area contributed by atoms with Crippen LogP contribution in [0.25, 0.3) is 0 Å². The third-order valence-electron chi connectivity index (χ3n) is 7.29. The van der Waals surface area contributed by atoms with Crippen LogP contribution in [0, 0.1) is 0 Å². The third kappa shape index (κ3) is 6.89. The van der Waals surface area contributed by atoms with E-state index in [4.69, 9.17) is 42.4 Å². The monoisotopic (exact) mass is 663 g/mol. The highest BCUT2D eigenvalue weighted by atomic mass is 35.5. The van der Waals surface area contributed by atoms with Crippen LogP contribution >= 0.6 is 34.5 Å². The number of benzene rings is 1. The number of nitrogens with one attached hydrogen (secondary N) is 2. The van der Waals surface area contributed by atoms with E-state index < -0.39 is 17.7 Å². The highest BCUT2D eigenvalue weighted by Gasteiger charge is 2.37. The number of methoxy groups -OCH3 is 2. The maximum absolute atomic E-state index is 14.2. The average molecular weight is 665 g/mol. The topological polar surface area (TPSA) is 131 Å². The molecule has 1 aliphatic heterocycles. The summed E-state index contributed by atoms with van der Waals surface area (Å²) in [5, 5.41) is 8.62. The molecule has 0 unspecified atom stereocenters. The van der Waals surface area contributed by atoms with Gasteiger partial charge >= 0.3 is 12.1 Å². The lowest BCUT2D eigenvalue weighted by Crippen LogP contribution is -2.50. The number of carbonyl (C=O) groups is 2. The normalized spacial score (nSPS) is 18.5. The van der Waals surface area contributed by atoms with Crippen molar-refractivity contribution >= 4 is 64.1 Å². The Balaban J connectivity index is 1.47. The van der Waals surface area contributed by atoms with E-state index in [-0.39, 0.29) is 40.9 Å². The Morgan fingerprint density at radius 1 is 1.09 bits per heavy atom. The minimum atomic E-state index is -0.602. The van der Waals surface area contributed by atoms with Crippen molar-refractivity contribution in [2.45, 2.75) is 77.2 Å². The van der Waals surface area contributed by atoms with Gasteiger partial charge in [0.1, 0.15) is 33.0 Å². The lowest BCUT2D eigenvalue weighted by molar-refractivity contribution is 0.0488. The predicted octanol–water partition coefficient (Wildman–Crippen LogP) is 6.65. The number of rotatable bonds is 8. The summed E-state index contributed by atoms with van der Waals surface area (Å²) >= 11 is 14.8. The second-order valence-electron chi connectivity index (χ2n) is 11.5. The highest BCUT2D eigenvalue weighted by molar-refractivity contribution is 7.07. The first-order valence-electron chi connectivity index (χ1n) is 14.2. The van der Waals surface area contributed by atoms with Gasteiger partial charge in [0.25, 0.3) is 0 Å². The zero-order valence-corrected chi connectivity index (χ0v) is 27.5. The molecule has 0 saturated heterocycles. The number of amides is 3. The van der Waals surface area contributed by atoms with Crippen LogP contribution in [0.15, 0.2) is 23.2 Å². The van der Waals surface area contributed by atoms with Crippen LogP contribution in [0.1, 0.15) is 57.7 Å². The highest BCUT2D eigenvalue weighted by Crippen LogP contribution is 2.48. The Morgan fingerprint density at radius 3 is 2.39 bits per heavy atom. The lowest BCUT2D eigenvalue weighted by Gasteiger charge is -2.37. The van der Waals surface area contributed by atoms with Crippen molar-refractivity contribution in [2.75, 3.05) is 29.3 Å². The van der Waals surface area contributed by atoms with Gasteiger partial charge in [-0.25, -0.2) is 19.6 Å². The molecule has 236 valence electrons. The minimum Gasteiger partial charge on any atom is -0.495 e. The van der Waals surface area contributed by atoms with Crippen LogP contribution in [0.2, 0.25) is 10.0 Å². The first kappa shape index (κ1) is 31.9.